The second kappa shape index (κ2) is 6.12. The third-order valence-electron chi connectivity index (χ3n) is 2.35. The van der Waals surface area contributed by atoms with E-state index in [9.17, 15) is 4.79 Å². The van der Waals surface area contributed by atoms with E-state index in [2.05, 4.69) is 5.32 Å². The van der Waals surface area contributed by atoms with Crippen molar-refractivity contribution in [1.29, 1.82) is 0 Å². The Morgan fingerprint density at radius 2 is 1.88 bits per heavy atom. The zero-order chi connectivity index (χ0) is 12.0. The molecule has 1 aromatic rings. The third kappa shape index (κ3) is 3.55. The maximum atomic E-state index is 11.5. The van der Waals surface area contributed by atoms with Crippen LogP contribution in [0.5, 0.6) is 0 Å². The summed E-state index contributed by atoms with van der Waals surface area (Å²) in [5.74, 6) is 0. The normalized spacial score (nSPS) is 9.94. The second-order valence-electron chi connectivity index (χ2n) is 3.71. The van der Waals surface area contributed by atoms with Crippen LogP contribution in [0.1, 0.15) is 18.1 Å². The highest BCUT2D eigenvalue weighted by molar-refractivity contribution is 5.73. The standard InChI is InChI=1S/C12H19N3O/c1-3-14-12(16)15(2)9-11-6-4-10(8-13)5-7-11/h4-7H,3,8-9,13H2,1-2H3,(H,14,16). The molecule has 0 aromatic heterocycles. The monoisotopic (exact) mass is 221 g/mol. The lowest BCUT2D eigenvalue weighted by Crippen LogP contribution is -2.36. The summed E-state index contributed by atoms with van der Waals surface area (Å²) in [5, 5.41) is 2.76. The molecule has 1 aromatic carbocycles. The highest BCUT2D eigenvalue weighted by Gasteiger charge is 2.06. The number of carbonyl (C=O) groups excluding carboxylic acids is 1. The lowest BCUT2D eigenvalue weighted by Gasteiger charge is -2.17. The molecule has 0 bridgehead atoms. The van der Waals surface area contributed by atoms with Crippen LogP contribution in [0.25, 0.3) is 0 Å². The van der Waals surface area contributed by atoms with Gasteiger partial charge in [0.1, 0.15) is 0 Å². The largest absolute Gasteiger partial charge is 0.338 e. The Labute approximate surface area is 96.4 Å². The summed E-state index contributed by atoms with van der Waals surface area (Å²) >= 11 is 0. The predicted octanol–water partition coefficient (Wildman–Crippen LogP) is 1.31. The van der Waals surface area contributed by atoms with Gasteiger partial charge in [-0.3, -0.25) is 0 Å². The van der Waals surface area contributed by atoms with E-state index in [-0.39, 0.29) is 6.03 Å². The molecule has 0 aliphatic carbocycles. The molecule has 0 aliphatic rings. The number of carbonyl (C=O) groups is 1. The molecule has 16 heavy (non-hydrogen) atoms. The molecular weight excluding hydrogens is 202 g/mol. The maximum absolute atomic E-state index is 11.5. The second-order valence-corrected chi connectivity index (χ2v) is 3.71. The first-order valence-electron chi connectivity index (χ1n) is 5.44. The Hall–Kier alpha value is -1.55. The van der Waals surface area contributed by atoms with E-state index in [0.717, 1.165) is 11.1 Å². The fraction of sp³-hybridized carbons (Fsp3) is 0.417. The molecular formula is C12H19N3O. The number of nitrogens with two attached hydrogens (primary N) is 1. The Balaban J connectivity index is 2.55. The van der Waals surface area contributed by atoms with Crippen LogP contribution >= 0.6 is 0 Å². The molecule has 0 radical (unpaired) electrons. The van der Waals surface area contributed by atoms with Crippen molar-refractivity contribution in [1.82, 2.24) is 10.2 Å². The van der Waals surface area contributed by atoms with Crippen molar-refractivity contribution >= 4 is 6.03 Å². The highest BCUT2D eigenvalue weighted by atomic mass is 16.2. The minimum atomic E-state index is -0.0506. The molecule has 0 atom stereocenters. The lowest BCUT2D eigenvalue weighted by molar-refractivity contribution is 0.207. The predicted molar refractivity (Wildman–Crippen MR) is 64.9 cm³/mol. The Bertz CT molecular complexity index is 335. The summed E-state index contributed by atoms with van der Waals surface area (Å²) in [6, 6.07) is 7.92. The van der Waals surface area contributed by atoms with E-state index in [4.69, 9.17) is 5.73 Å². The van der Waals surface area contributed by atoms with E-state index in [1.807, 2.05) is 31.2 Å². The topological polar surface area (TPSA) is 58.4 Å². The van der Waals surface area contributed by atoms with Crippen molar-refractivity contribution in [3.05, 3.63) is 35.4 Å². The zero-order valence-electron chi connectivity index (χ0n) is 9.86. The molecule has 2 amide bonds. The number of rotatable bonds is 4. The van der Waals surface area contributed by atoms with Gasteiger partial charge in [-0.05, 0) is 18.1 Å². The molecule has 0 aliphatic heterocycles. The van der Waals surface area contributed by atoms with Crippen LogP contribution in [0, 0.1) is 0 Å². The van der Waals surface area contributed by atoms with Gasteiger partial charge >= 0.3 is 6.03 Å². The van der Waals surface area contributed by atoms with E-state index in [1.165, 1.54) is 0 Å². The quantitative estimate of drug-likeness (QED) is 0.805. The molecule has 0 saturated carbocycles. The van der Waals surface area contributed by atoms with Gasteiger partial charge < -0.3 is 16.0 Å². The molecule has 3 N–H and O–H groups in total. The van der Waals surface area contributed by atoms with Crippen LogP contribution < -0.4 is 11.1 Å². The Kier molecular flexibility index (Phi) is 4.79. The number of hydrogen-bond donors (Lipinski definition) is 2. The van der Waals surface area contributed by atoms with Gasteiger partial charge in [0.25, 0.3) is 0 Å². The maximum Gasteiger partial charge on any atom is 0.317 e. The molecule has 0 spiro atoms. The fourth-order valence-corrected chi connectivity index (χ4v) is 1.41. The number of amides is 2. The summed E-state index contributed by atoms with van der Waals surface area (Å²) in [6.07, 6.45) is 0. The molecule has 1 rings (SSSR count). The van der Waals surface area contributed by atoms with Crippen LogP contribution in [0.2, 0.25) is 0 Å². The summed E-state index contributed by atoms with van der Waals surface area (Å²) in [5.41, 5.74) is 7.72. The minimum Gasteiger partial charge on any atom is -0.338 e. The summed E-state index contributed by atoms with van der Waals surface area (Å²) in [7, 11) is 1.78. The number of hydrogen-bond acceptors (Lipinski definition) is 2. The molecule has 4 heteroatoms. The SMILES string of the molecule is CCNC(=O)N(C)Cc1ccc(CN)cc1. The van der Waals surface area contributed by atoms with E-state index >= 15 is 0 Å². The fourth-order valence-electron chi connectivity index (χ4n) is 1.41. The van der Waals surface area contributed by atoms with Crippen molar-refractivity contribution < 1.29 is 4.79 Å². The average molecular weight is 221 g/mol. The third-order valence-corrected chi connectivity index (χ3v) is 2.35. The first-order valence-corrected chi connectivity index (χ1v) is 5.44. The molecule has 0 unspecified atom stereocenters. The van der Waals surface area contributed by atoms with Crippen molar-refractivity contribution in [2.24, 2.45) is 5.73 Å². The van der Waals surface area contributed by atoms with Gasteiger partial charge in [-0.2, -0.15) is 0 Å². The minimum absolute atomic E-state index is 0.0506. The van der Waals surface area contributed by atoms with Gasteiger partial charge in [0.05, 0.1) is 0 Å². The van der Waals surface area contributed by atoms with Crippen molar-refractivity contribution in [3.8, 4) is 0 Å². The molecule has 0 heterocycles. The summed E-state index contributed by atoms with van der Waals surface area (Å²) < 4.78 is 0. The van der Waals surface area contributed by atoms with Crippen LogP contribution in [0.15, 0.2) is 24.3 Å². The van der Waals surface area contributed by atoms with Gasteiger partial charge in [-0.25, -0.2) is 4.79 Å². The molecule has 0 saturated heterocycles. The van der Waals surface area contributed by atoms with Crippen LogP contribution in [-0.2, 0) is 13.1 Å². The van der Waals surface area contributed by atoms with Gasteiger partial charge in [0.15, 0.2) is 0 Å². The highest BCUT2D eigenvalue weighted by Crippen LogP contribution is 2.06. The lowest BCUT2D eigenvalue weighted by atomic mass is 10.1. The first-order chi connectivity index (χ1) is 7.67. The van der Waals surface area contributed by atoms with E-state index in [1.54, 1.807) is 11.9 Å². The molecule has 4 nitrogen and oxygen atoms in total. The van der Waals surface area contributed by atoms with Crippen LogP contribution in [0.4, 0.5) is 4.79 Å². The molecule has 88 valence electrons. The Morgan fingerprint density at radius 1 is 1.31 bits per heavy atom. The van der Waals surface area contributed by atoms with Crippen molar-refractivity contribution in [2.45, 2.75) is 20.0 Å². The average Bonchev–Trinajstić information content (AvgIpc) is 2.30. The van der Waals surface area contributed by atoms with Gasteiger partial charge in [0.2, 0.25) is 0 Å². The number of nitrogens with one attached hydrogen (secondary N) is 1. The van der Waals surface area contributed by atoms with Gasteiger partial charge in [-0.15, -0.1) is 0 Å². The van der Waals surface area contributed by atoms with Gasteiger partial charge in [0, 0.05) is 26.7 Å². The number of nitrogens with zero attached hydrogens (tertiary/aromatic N) is 1. The number of benzene rings is 1. The van der Waals surface area contributed by atoms with Crippen molar-refractivity contribution in [3.63, 3.8) is 0 Å². The Morgan fingerprint density at radius 3 is 2.38 bits per heavy atom. The summed E-state index contributed by atoms with van der Waals surface area (Å²) in [4.78, 5) is 13.1. The van der Waals surface area contributed by atoms with Crippen LogP contribution in [-0.4, -0.2) is 24.5 Å². The number of urea groups is 1. The first kappa shape index (κ1) is 12.5. The van der Waals surface area contributed by atoms with E-state index in [0.29, 0.717) is 19.6 Å². The van der Waals surface area contributed by atoms with E-state index < -0.39 is 0 Å². The summed E-state index contributed by atoms with van der Waals surface area (Å²) in [6.45, 7) is 3.71. The smallest absolute Gasteiger partial charge is 0.317 e. The molecule has 0 fully saturated rings. The van der Waals surface area contributed by atoms with Crippen LogP contribution in [0.3, 0.4) is 0 Å². The zero-order valence-corrected chi connectivity index (χ0v) is 9.86. The van der Waals surface area contributed by atoms with Gasteiger partial charge in [-0.1, -0.05) is 24.3 Å². The van der Waals surface area contributed by atoms with Crippen molar-refractivity contribution in [2.75, 3.05) is 13.6 Å².